The highest BCUT2D eigenvalue weighted by Gasteiger charge is 1.85. The first-order valence-electron chi connectivity index (χ1n) is 2.25. The van der Waals surface area contributed by atoms with Gasteiger partial charge >= 0.3 is 0 Å². The third-order valence-corrected chi connectivity index (χ3v) is 1.27. The van der Waals surface area contributed by atoms with Gasteiger partial charge in [0.2, 0.25) is 0 Å². The number of amidine groups is 1. The third kappa shape index (κ3) is 4.04. The van der Waals surface area contributed by atoms with E-state index < -0.39 is 0 Å². The summed E-state index contributed by atoms with van der Waals surface area (Å²) in [4.78, 5) is 0. The Morgan fingerprint density at radius 3 is 2.57 bits per heavy atom. The van der Waals surface area contributed by atoms with E-state index in [0.717, 1.165) is 12.8 Å². The molecule has 0 unspecified atom stereocenters. The number of rotatable bonds is 2. The molecule has 0 atom stereocenters. The minimum atomic E-state index is 0.614. The van der Waals surface area contributed by atoms with Gasteiger partial charge in [-0.3, -0.25) is 5.41 Å². The summed E-state index contributed by atoms with van der Waals surface area (Å²) in [6, 6.07) is 0. The summed E-state index contributed by atoms with van der Waals surface area (Å²) in [6.45, 7) is 2.06. The number of nitrogens with one attached hydrogen (secondary N) is 2. The minimum absolute atomic E-state index is 0.614. The Kier molecular flexibility index (Phi) is 4.49. The Bertz CT molecular complexity index is 62.7. The van der Waals surface area contributed by atoms with Crippen LogP contribution in [0.1, 0.15) is 19.8 Å². The van der Waals surface area contributed by atoms with Crippen LogP contribution in [0, 0.1) is 5.41 Å². The van der Waals surface area contributed by atoms with Crippen LogP contribution in [0.4, 0.5) is 0 Å². The van der Waals surface area contributed by atoms with Gasteiger partial charge in [0.05, 0.1) is 22.9 Å². The van der Waals surface area contributed by atoms with Crippen molar-refractivity contribution < 1.29 is 0 Å². The van der Waals surface area contributed by atoms with E-state index in [2.05, 4.69) is 10.5 Å². The molecule has 0 aliphatic rings. The molecule has 0 saturated carbocycles. The van der Waals surface area contributed by atoms with Crippen molar-refractivity contribution in [2.45, 2.75) is 19.8 Å². The Hall–Kier alpha value is 0.200. The lowest BCUT2D eigenvalue weighted by atomic mass is 10.3. The Labute approximate surface area is 57.7 Å². The zero-order valence-electron chi connectivity index (χ0n) is 4.29. The standard InChI is InChI=1S/C4H9IN2/c1-2-3-4(6)7-5/h2-3H2,1H3,(H2,6,7). The fourth-order valence-corrected chi connectivity index (χ4v) is 0.567. The topological polar surface area (TPSA) is 35.9 Å². The van der Waals surface area contributed by atoms with Crippen molar-refractivity contribution in [2.24, 2.45) is 0 Å². The highest BCUT2D eigenvalue weighted by Crippen LogP contribution is 1.86. The van der Waals surface area contributed by atoms with E-state index in [-0.39, 0.29) is 0 Å². The second kappa shape index (κ2) is 4.36. The van der Waals surface area contributed by atoms with Crippen molar-refractivity contribution in [3.63, 3.8) is 0 Å². The lowest BCUT2D eigenvalue weighted by molar-refractivity contribution is 0.971. The average Bonchev–Trinajstić information content (AvgIpc) is 1.68. The summed E-state index contributed by atoms with van der Waals surface area (Å²) in [5, 5.41) is 7.02. The van der Waals surface area contributed by atoms with Crippen molar-refractivity contribution in [1.29, 1.82) is 5.41 Å². The molecule has 0 radical (unpaired) electrons. The quantitative estimate of drug-likeness (QED) is 0.310. The van der Waals surface area contributed by atoms with E-state index in [1.54, 1.807) is 0 Å². The van der Waals surface area contributed by atoms with Crippen LogP contribution in [-0.4, -0.2) is 5.84 Å². The smallest absolute Gasteiger partial charge is 0.102 e. The molecule has 2 N–H and O–H groups in total. The number of hydrogen-bond donors (Lipinski definition) is 2. The lowest BCUT2D eigenvalue weighted by Crippen LogP contribution is -2.08. The van der Waals surface area contributed by atoms with E-state index in [1.807, 2.05) is 22.9 Å². The van der Waals surface area contributed by atoms with Gasteiger partial charge in [-0.05, 0) is 6.42 Å². The molecule has 3 heteroatoms. The van der Waals surface area contributed by atoms with Crippen molar-refractivity contribution in [3.05, 3.63) is 0 Å². The van der Waals surface area contributed by atoms with Crippen molar-refractivity contribution in [1.82, 2.24) is 3.53 Å². The zero-order valence-corrected chi connectivity index (χ0v) is 6.45. The Morgan fingerprint density at radius 2 is 2.43 bits per heavy atom. The molecule has 0 rings (SSSR count). The van der Waals surface area contributed by atoms with Crippen LogP contribution in [0.3, 0.4) is 0 Å². The molecule has 0 aromatic rings. The zero-order chi connectivity index (χ0) is 5.70. The molecule has 0 bridgehead atoms. The van der Waals surface area contributed by atoms with Crippen LogP contribution in [0.25, 0.3) is 0 Å². The SMILES string of the molecule is CCCC(=N)NI. The maximum Gasteiger partial charge on any atom is 0.102 e. The van der Waals surface area contributed by atoms with Crippen LogP contribution < -0.4 is 3.53 Å². The summed E-state index contributed by atoms with van der Waals surface area (Å²) in [6.07, 6.45) is 1.91. The lowest BCUT2D eigenvalue weighted by Gasteiger charge is -1.93. The molecule has 0 aromatic carbocycles. The molecular weight excluding hydrogens is 203 g/mol. The van der Waals surface area contributed by atoms with Gasteiger partial charge in [-0.15, -0.1) is 0 Å². The van der Waals surface area contributed by atoms with Crippen molar-refractivity contribution >= 4 is 28.7 Å². The van der Waals surface area contributed by atoms with E-state index >= 15 is 0 Å². The number of halogens is 1. The first kappa shape index (κ1) is 7.20. The third-order valence-electron chi connectivity index (χ3n) is 0.614. The van der Waals surface area contributed by atoms with E-state index in [9.17, 15) is 0 Å². The van der Waals surface area contributed by atoms with Gasteiger partial charge < -0.3 is 3.53 Å². The predicted molar refractivity (Wildman–Crippen MR) is 39.8 cm³/mol. The maximum atomic E-state index is 7.02. The summed E-state index contributed by atoms with van der Waals surface area (Å²) in [5.41, 5.74) is 0. The van der Waals surface area contributed by atoms with Crippen LogP contribution in [-0.2, 0) is 0 Å². The molecule has 0 aromatic heterocycles. The molecular formula is C4H9IN2. The van der Waals surface area contributed by atoms with E-state index in [1.165, 1.54) is 0 Å². The van der Waals surface area contributed by atoms with Gasteiger partial charge in [-0.25, -0.2) is 0 Å². The van der Waals surface area contributed by atoms with Crippen LogP contribution in [0.5, 0.6) is 0 Å². The Morgan fingerprint density at radius 1 is 1.86 bits per heavy atom. The molecule has 2 nitrogen and oxygen atoms in total. The molecule has 0 amide bonds. The minimum Gasteiger partial charge on any atom is -0.317 e. The summed E-state index contributed by atoms with van der Waals surface area (Å²) >= 11 is 1.96. The molecule has 0 saturated heterocycles. The first-order chi connectivity index (χ1) is 3.31. The fourth-order valence-electron chi connectivity index (χ4n) is 0.297. The van der Waals surface area contributed by atoms with Crippen LogP contribution >= 0.6 is 22.9 Å². The van der Waals surface area contributed by atoms with Gasteiger partial charge in [-0.2, -0.15) is 0 Å². The Balaban J connectivity index is 3.00. The van der Waals surface area contributed by atoms with Gasteiger partial charge in [0, 0.05) is 6.42 Å². The highest BCUT2D eigenvalue weighted by molar-refractivity contribution is 14.1. The molecule has 0 heterocycles. The highest BCUT2D eigenvalue weighted by atomic mass is 127. The van der Waals surface area contributed by atoms with E-state index in [0.29, 0.717) is 5.84 Å². The maximum absolute atomic E-state index is 7.02. The average molecular weight is 212 g/mol. The van der Waals surface area contributed by atoms with Gasteiger partial charge in [0.15, 0.2) is 0 Å². The molecule has 0 fully saturated rings. The van der Waals surface area contributed by atoms with Crippen molar-refractivity contribution in [2.75, 3.05) is 0 Å². The second-order valence-electron chi connectivity index (χ2n) is 1.32. The predicted octanol–water partition coefficient (Wildman–Crippen LogP) is 1.70. The molecule has 0 aliphatic carbocycles. The second-order valence-corrected chi connectivity index (χ2v) is 1.86. The van der Waals surface area contributed by atoms with Crippen molar-refractivity contribution in [3.8, 4) is 0 Å². The van der Waals surface area contributed by atoms with Gasteiger partial charge in [0.1, 0.15) is 5.84 Å². The summed E-state index contributed by atoms with van der Waals surface area (Å²) in [5.74, 6) is 0.614. The largest absolute Gasteiger partial charge is 0.317 e. The molecule has 7 heavy (non-hydrogen) atoms. The fraction of sp³-hybridized carbons (Fsp3) is 0.750. The summed E-state index contributed by atoms with van der Waals surface area (Å²) < 4.78 is 2.72. The van der Waals surface area contributed by atoms with Gasteiger partial charge in [0.25, 0.3) is 0 Å². The molecule has 0 aliphatic heterocycles. The van der Waals surface area contributed by atoms with Crippen LogP contribution in [0.15, 0.2) is 0 Å². The molecule has 42 valence electrons. The van der Waals surface area contributed by atoms with Crippen LogP contribution in [0.2, 0.25) is 0 Å². The van der Waals surface area contributed by atoms with Gasteiger partial charge in [-0.1, -0.05) is 6.92 Å². The van der Waals surface area contributed by atoms with E-state index in [4.69, 9.17) is 5.41 Å². The molecule has 0 spiro atoms. The first-order valence-corrected chi connectivity index (χ1v) is 3.33. The monoisotopic (exact) mass is 212 g/mol. The summed E-state index contributed by atoms with van der Waals surface area (Å²) in [7, 11) is 0. The normalized spacial score (nSPS) is 8.29. The number of hydrogen-bond acceptors (Lipinski definition) is 1.